The number of nitrogens with zero attached hydrogens (tertiary/aromatic N) is 4. The van der Waals surface area contributed by atoms with Crippen LogP contribution in [0.4, 0.5) is 0 Å². The molecule has 11 heteroatoms. The third-order valence-corrected chi connectivity index (χ3v) is 5.27. The van der Waals surface area contributed by atoms with Crippen molar-refractivity contribution in [3.8, 4) is 0 Å². The van der Waals surface area contributed by atoms with Crippen LogP contribution in [-0.4, -0.2) is 69.4 Å². The van der Waals surface area contributed by atoms with Crippen LogP contribution in [-0.2, 0) is 27.9 Å². The molecule has 0 unspecified atom stereocenters. The lowest BCUT2D eigenvalue weighted by Crippen LogP contribution is -2.43. The largest absolute Gasteiger partial charge is 0.394 e. The molecular formula is C21H25N5O6. The van der Waals surface area contributed by atoms with Crippen LogP contribution in [0.25, 0.3) is 0 Å². The van der Waals surface area contributed by atoms with Gasteiger partial charge in [-0.05, 0) is 18.6 Å². The van der Waals surface area contributed by atoms with Crippen molar-refractivity contribution < 1.29 is 24.2 Å². The van der Waals surface area contributed by atoms with Gasteiger partial charge >= 0.3 is 0 Å². The molecule has 2 aliphatic heterocycles. The van der Waals surface area contributed by atoms with Crippen LogP contribution in [0.5, 0.6) is 0 Å². The Morgan fingerprint density at radius 1 is 1.25 bits per heavy atom. The van der Waals surface area contributed by atoms with E-state index in [-0.39, 0.29) is 48.6 Å². The molecule has 11 nitrogen and oxygen atoms in total. The zero-order chi connectivity index (χ0) is 22.7. The monoisotopic (exact) mass is 443 g/mol. The maximum atomic E-state index is 12.7. The number of nitrogens with one attached hydrogen (secondary N) is 1. The smallest absolute Gasteiger partial charge is 0.270 e. The van der Waals surface area contributed by atoms with E-state index in [2.05, 4.69) is 20.4 Å². The fourth-order valence-electron chi connectivity index (χ4n) is 3.49. The van der Waals surface area contributed by atoms with Crippen molar-refractivity contribution in [2.24, 2.45) is 12.2 Å². The molecule has 0 aliphatic carbocycles. The van der Waals surface area contributed by atoms with Gasteiger partial charge in [0.15, 0.2) is 6.10 Å². The molecule has 0 saturated carbocycles. The quantitative estimate of drug-likeness (QED) is 0.620. The minimum atomic E-state index is -0.360. The summed E-state index contributed by atoms with van der Waals surface area (Å²) in [5.74, 6) is 0.0738. The van der Waals surface area contributed by atoms with Crippen LogP contribution < -0.4 is 10.9 Å². The number of rotatable bonds is 6. The molecule has 3 atom stereocenters. The summed E-state index contributed by atoms with van der Waals surface area (Å²) in [6.07, 6.45) is 1.17. The van der Waals surface area contributed by atoms with E-state index in [1.165, 1.54) is 10.6 Å². The number of aliphatic hydroxyl groups is 1. The SMILES string of the molecule is Cc1nc(C(=O)NCc2ccc(=O)n(C)c2)cc(C2=NO[C@@H]([C@H]3CO[C@H](CO)CO3)C2)n1. The molecule has 32 heavy (non-hydrogen) atoms. The van der Waals surface area contributed by atoms with E-state index in [1.54, 1.807) is 32.3 Å². The van der Waals surface area contributed by atoms with E-state index in [0.29, 0.717) is 36.9 Å². The summed E-state index contributed by atoms with van der Waals surface area (Å²) in [6.45, 7) is 2.47. The number of ether oxygens (including phenoxy) is 2. The number of hydrogen-bond donors (Lipinski definition) is 2. The van der Waals surface area contributed by atoms with Crippen LogP contribution in [0.15, 0.2) is 34.3 Å². The van der Waals surface area contributed by atoms with Gasteiger partial charge in [0.1, 0.15) is 29.4 Å². The Kier molecular flexibility index (Phi) is 6.58. The van der Waals surface area contributed by atoms with Crippen LogP contribution in [0.1, 0.15) is 34.0 Å². The van der Waals surface area contributed by atoms with Crippen molar-refractivity contribution >= 4 is 11.6 Å². The highest BCUT2D eigenvalue weighted by atomic mass is 16.7. The Morgan fingerprint density at radius 3 is 2.81 bits per heavy atom. The first-order valence-corrected chi connectivity index (χ1v) is 10.3. The van der Waals surface area contributed by atoms with Gasteiger partial charge in [-0.1, -0.05) is 11.2 Å². The molecular weight excluding hydrogens is 418 g/mol. The second kappa shape index (κ2) is 9.55. The second-order valence-corrected chi connectivity index (χ2v) is 7.75. The number of aromatic nitrogens is 3. The van der Waals surface area contributed by atoms with Gasteiger partial charge in [0.05, 0.1) is 25.5 Å². The summed E-state index contributed by atoms with van der Waals surface area (Å²) in [4.78, 5) is 38.3. The minimum absolute atomic E-state index is 0.0898. The van der Waals surface area contributed by atoms with Gasteiger partial charge in [0.25, 0.3) is 5.91 Å². The van der Waals surface area contributed by atoms with E-state index in [0.717, 1.165) is 5.56 Å². The van der Waals surface area contributed by atoms with Crippen LogP contribution in [0.2, 0.25) is 0 Å². The van der Waals surface area contributed by atoms with E-state index in [9.17, 15) is 9.59 Å². The number of amides is 1. The van der Waals surface area contributed by atoms with Gasteiger partial charge in [-0.2, -0.15) is 0 Å². The average Bonchev–Trinajstić information content (AvgIpc) is 3.30. The Balaban J connectivity index is 1.39. The van der Waals surface area contributed by atoms with Gasteiger partial charge in [-0.25, -0.2) is 9.97 Å². The summed E-state index contributed by atoms with van der Waals surface area (Å²) >= 11 is 0. The number of oxime groups is 1. The normalized spacial score (nSPS) is 22.8. The van der Waals surface area contributed by atoms with Crippen molar-refractivity contribution in [3.05, 3.63) is 57.5 Å². The highest BCUT2D eigenvalue weighted by Crippen LogP contribution is 2.23. The molecule has 2 aromatic heterocycles. The fraction of sp³-hybridized carbons (Fsp3) is 0.476. The number of aryl methyl sites for hydroxylation is 2. The average molecular weight is 443 g/mol. The van der Waals surface area contributed by atoms with E-state index in [1.807, 2.05) is 0 Å². The van der Waals surface area contributed by atoms with Gasteiger partial charge in [0.2, 0.25) is 5.56 Å². The lowest BCUT2D eigenvalue weighted by Gasteiger charge is -2.30. The lowest BCUT2D eigenvalue weighted by atomic mass is 10.0. The van der Waals surface area contributed by atoms with Crippen LogP contribution in [0.3, 0.4) is 0 Å². The maximum absolute atomic E-state index is 12.7. The van der Waals surface area contributed by atoms with Crippen molar-refractivity contribution in [1.82, 2.24) is 19.9 Å². The Hall–Kier alpha value is -3.15. The predicted molar refractivity (Wildman–Crippen MR) is 112 cm³/mol. The van der Waals surface area contributed by atoms with Crippen LogP contribution in [0, 0.1) is 6.92 Å². The zero-order valence-electron chi connectivity index (χ0n) is 17.9. The molecule has 1 fully saturated rings. The molecule has 2 aliphatic rings. The molecule has 2 N–H and O–H groups in total. The van der Waals surface area contributed by atoms with Gasteiger partial charge in [0, 0.05) is 32.3 Å². The van der Waals surface area contributed by atoms with E-state index < -0.39 is 0 Å². The summed E-state index contributed by atoms with van der Waals surface area (Å²) in [5.41, 5.74) is 2.00. The standard InChI is InChI=1S/C21H25N5O6/c1-12-23-15(16-6-18(32-25-16)19-11-30-14(9-27)10-31-19)5-17(24-12)21(29)22-7-13-3-4-20(28)26(2)8-13/h3-5,8,14,18-19,27H,6-7,9-11H2,1-2H3,(H,22,29)/t14-,18-,19-/m1/s1. The van der Waals surface area contributed by atoms with Crippen molar-refractivity contribution in [2.75, 3.05) is 19.8 Å². The van der Waals surface area contributed by atoms with Gasteiger partial charge < -0.3 is 29.3 Å². The number of carbonyl (C=O) groups is 1. The molecule has 4 heterocycles. The molecule has 0 spiro atoms. The number of pyridine rings is 1. The minimum Gasteiger partial charge on any atom is -0.394 e. The van der Waals surface area contributed by atoms with Crippen molar-refractivity contribution in [3.63, 3.8) is 0 Å². The molecule has 2 aromatic rings. The lowest BCUT2D eigenvalue weighted by molar-refractivity contribution is -0.178. The maximum Gasteiger partial charge on any atom is 0.270 e. The summed E-state index contributed by atoms with van der Waals surface area (Å²) in [5, 5.41) is 16.1. The highest BCUT2D eigenvalue weighted by Gasteiger charge is 2.35. The molecule has 0 aromatic carbocycles. The molecule has 1 saturated heterocycles. The Morgan fingerprint density at radius 2 is 2.09 bits per heavy atom. The summed E-state index contributed by atoms with van der Waals surface area (Å²) < 4.78 is 12.7. The third-order valence-electron chi connectivity index (χ3n) is 5.27. The Labute approximate surface area is 184 Å². The van der Waals surface area contributed by atoms with Crippen molar-refractivity contribution in [1.29, 1.82) is 0 Å². The molecule has 0 bridgehead atoms. The van der Waals surface area contributed by atoms with Crippen LogP contribution >= 0.6 is 0 Å². The fourth-order valence-corrected chi connectivity index (χ4v) is 3.49. The van der Waals surface area contributed by atoms with Gasteiger partial charge in [-0.3, -0.25) is 9.59 Å². The van der Waals surface area contributed by atoms with E-state index in [4.69, 9.17) is 19.4 Å². The topological polar surface area (TPSA) is 137 Å². The molecule has 0 radical (unpaired) electrons. The first-order valence-electron chi connectivity index (χ1n) is 10.3. The molecule has 170 valence electrons. The van der Waals surface area contributed by atoms with Crippen molar-refractivity contribution in [2.45, 2.75) is 38.2 Å². The first-order chi connectivity index (χ1) is 15.4. The summed E-state index contributed by atoms with van der Waals surface area (Å²) in [7, 11) is 1.65. The van der Waals surface area contributed by atoms with Gasteiger partial charge in [-0.15, -0.1) is 0 Å². The number of hydrogen-bond acceptors (Lipinski definition) is 9. The highest BCUT2D eigenvalue weighted by molar-refractivity contribution is 6.01. The Bertz CT molecular complexity index is 1080. The van der Waals surface area contributed by atoms with E-state index >= 15 is 0 Å². The third kappa shape index (κ3) is 5.01. The number of aliphatic hydroxyl groups excluding tert-OH is 1. The molecule has 4 rings (SSSR count). The molecule has 1 amide bonds. The summed E-state index contributed by atoms with van der Waals surface area (Å²) in [6, 6.07) is 4.70. The number of carbonyl (C=O) groups excluding carboxylic acids is 1. The predicted octanol–water partition coefficient (Wildman–Crippen LogP) is -0.317. The first kappa shape index (κ1) is 22.1. The second-order valence-electron chi connectivity index (χ2n) is 7.75. The zero-order valence-corrected chi connectivity index (χ0v) is 17.9.